The van der Waals surface area contributed by atoms with Gasteiger partial charge in [-0.25, -0.2) is 9.67 Å². The molecule has 0 aliphatic carbocycles. The van der Waals surface area contributed by atoms with Crippen LogP contribution >= 0.6 is 0 Å². The Bertz CT molecular complexity index is 912. The molecule has 0 atom stereocenters. The molecule has 112 valence electrons. The summed E-state index contributed by atoms with van der Waals surface area (Å²) in [7, 11) is 0. The summed E-state index contributed by atoms with van der Waals surface area (Å²) < 4.78 is 43.4. The van der Waals surface area contributed by atoms with Gasteiger partial charge in [0.1, 0.15) is 12.7 Å². The Kier molecular flexibility index (Phi) is 2.59. The van der Waals surface area contributed by atoms with Crippen LogP contribution in [0.15, 0.2) is 30.8 Å². The number of nitriles is 2. The summed E-state index contributed by atoms with van der Waals surface area (Å²) >= 11 is 0. The van der Waals surface area contributed by atoms with Crippen LogP contribution in [0.4, 0.5) is 0 Å². The van der Waals surface area contributed by atoms with Gasteiger partial charge in [0, 0.05) is 0 Å². The maximum atomic E-state index is 9.54. The van der Waals surface area contributed by atoms with Gasteiger partial charge in [-0.1, -0.05) is 18.1 Å². The molecule has 5 nitrogen and oxygen atoms in total. The zero-order valence-electron chi connectivity index (χ0n) is 17.9. The third kappa shape index (κ3) is 3.15. The van der Waals surface area contributed by atoms with Crippen LogP contribution in [0.2, 0.25) is 0 Å². The number of benzene rings is 1. The third-order valence-corrected chi connectivity index (χ3v) is 3.20. The number of hydrogen-bond donors (Lipinski definition) is 0. The Morgan fingerprint density at radius 2 is 1.68 bits per heavy atom. The average molecular weight is 298 g/mol. The van der Waals surface area contributed by atoms with E-state index in [9.17, 15) is 10.5 Å². The van der Waals surface area contributed by atoms with Crippen LogP contribution in [0.25, 0.3) is 0 Å². The molecular weight excluding hydrogens is 274 g/mol. The largest absolute Gasteiger partial charge is 0.249 e. The van der Waals surface area contributed by atoms with E-state index in [4.69, 9.17) is 6.85 Å². The minimum absolute atomic E-state index is 0.0293. The molecule has 5 heteroatoms. The highest BCUT2D eigenvalue weighted by Gasteiger charge is 2.26. The molecule has 2 aromatic rings. The molecule has 0 spiro atoms. The minimum atomic E-state index is -2.43. The van der Waals surface area contributed by atoms with Crippen molar-refractivity contribution in [3.8, 4) is 12.1 Å². The van der Waals surface area contributed by atoms with E-state index in [2.05, 4.69) is 10.1 Å². The van der Waals surface area contributed by atoms with Crippen LogP contribution in [0.5, 0.6) is 0 Å². The Morgan fingerprint density at radius 3 is 2.09 bits per heavy atom. The van der Waals surface area contributed by atoms with Gasteiger partial charge in [0.05, 0.1) is 36.3 Å². The molecular formula is C17H19N5. The fourth-order valence-corrected chi connectivity index (χ4v) is 1.64. The number of hydrogen-bond acceptors (Lipinski definition) is 4. The summed E-state index contributed by atoms with van der Waals surface area (Å²) in [6, 6.07) is 2.95. The van der Waals surface area contributed by atoms with Gasteiger partial charge in [-0.15, -0.1) is 0 Å². The SMILES string of the molecule is [2H]c1c(C(C)(C)C#N)c([2H])c(C([2H])([2H])n2cncn2)c([2H])c1C(C)(C)C#N. The molecule has 1 heterocycles. The highest BCUT2D eigenvalue weighted by Crippen LogP contribution is 2.30. The molecule has 0 saturated heterocycles. The molecule has 0 saturated carbocycles. The van der Waals surface area contributed by atoms with E-state index < -0.39 is 29.4 Å². The fourth-order valence-electron chi connectivity index (χ4n) is 1.64. The van der Waals surface area contributed by atoms with Crippen molar-refractivity contribution in [3.05, 3.63) is 47.5 Å². The van der Waals surface area contributed by atoms with E-state index in [0.29, 0.717) is 0 Å². The highest BCUT2D eigenvalue weighted by molar-refractivity contribution is 5.42. The van der Waals surface area contributed by atoms with Crippen LogP contribution in [0.3, 0.4) is 0 Å². The summed E-state index contributed by atoms with van der Waals surface area (Å²) in [6.07, 6.45) is 2.25. The minimum Gasteiger partial charge on any atom is -0.249 e. The molecule has 0 bridgehead atoms. The maximum Gasteiger partial charge on any atom is 0.137 e. The van der Waals surface area contributed by atoms with Crippen LogP contribution in [-0.4, -0.2) is 14.8 Å². The van der Waals surface area contributed by atoms with E-state index in [1.54, 1.807) is 0 Å². The van der Waals surface area contributed by atoms with Crippen LogP contribution in [0, 0.1) is 22.7 Å². The summed E-state index contributed by atoms with van der Waals surface area (Å²) in [4.78, 5) is 3.71. The van der Waals surface area contributed by atoms with Crippen molar-refractivity contribution < 1.29 is 6.85 Å². The van der Waals surface area contributed by atoms with Gasteiger partial charge in [0.25, 0.3) is 0 Å². The quantitative estimate of drug-likeness (QED) is 0.869. The lowest BCUT2D eigenvalue weighted by Gasteiger charge is -2.23. The lowest BCUT2D eigenvalue weighted by atomic mass is 9.79. The van der Waals surface area contributed by atoms with Gasteiger partial charge in [0.15, 0.2) is 0 Å². The molecule has 1 aromatic carbocycles. The van der Waals surface area contributed by atoms with E-state index in [0.717, 1.165) is 17.3 Å². The molecule has 0 aliphatic heterocycles. The van der Waals surface area contributed by atoms with Gasteiger partial charge in [0.2, 0.25) is 0 Å². The molecule has 0 unspecified atom stereocenters. The summed E-state index contributed by atoms with van der Waals surface area (Å²) in [5, 5.41) is 22.9. The van der Waals surface area contributed by atoms with Crippen molar-refractivity contribution in [2.24, 2.45) is 0 Å². The Labute approximate surface area is 137 Å². The summed E-state index contributed by atoms with van der Waals surface area (Å²) in [5.74, 6) is 0. The number of aromatic nitrogens is 3. The molecule has 0 fully saturated rings. The highest BCUT2D eigenvalue weighted by atomic mass is 15.3. The molecule has 0 amide bonds. The first kappa shape index (κ1) is 10.1. The second-order valence-corrected chi connectivity index (χ2v) is 5.93. The molecule has 0 aliphatic rings. The van der Waals surface area contributed by atoms with Gasteiger partial charge >= 0.3 is 0 Å². The Hall–Kier alpha value is -2.66. The van der Waals surface area contributed by atoms with E-state index in [-0.39, 0.29) is 22.7 Å². The number of rotatable bonds is 4. The smallest absolute Gasteiger partial charge is 0.137 e. The first-order chi connectivity index (χ1) is 12.3. The molecule has 0 N–H and O–H groups in total. The van der Waals surface area contributed by atoms with Gasteiger partial charge in [-0.2, -0.15) is 15.6 Å². The standard InChI is InChI=1S/C17H19N5/c1-16(2,9-18)14-5-13(8-22-12-20-11-21-22)6-15(7-14)17(3,4)10-19/h5-7,11-12H,8H2,1-4H3/i5D,6D,7D,8D2. The molecule has 0 radical (unpaired) electrons. The Balaban J connectivity index is 3.07. The first-order valence-electron chi connectivity index (χ1n) is 9.15. The van der Waals surface area contributed by atoms with E-state index >= 15 is 0 Å². The Morgan fingerprint density at radius 1 is 1.14 bits per heavy atom. The zero-order chi connectivity index (χ0) is 20.8. The van der Waals surface area contributed by atoms with Crippen molar-refractivity contribution in [2.45, 2.75) is 45.0 Å². The average Bonchev–Trinajstić information content (AvgIpc) is 3.09. The second-order valence-electron chi connectivity index (χ2n) is 5.93. The lowest BCUT2D eigenvalue weighted by Crippen LogP contribution is -2.20. The van der Waals surface area contributed by atoms with Crippen molar-refractivity contribution in [1.82, 2.24) is 14.8 Å². The summed E-state index contributed by atoms with van der Waals surface area (Å²) in [5.41, 5.74) is -3.01. The first-order valence-corrected chi connectivity index (χ1v) is 6.65. The maximum absolute atomic E-state index is 9.54. The van der Waals surface area contributed by atoms with Gasteiger partial charge in [-0.3, -0.25) is 0 Å². The van der Waals surface area contributed by atoms with Crippen LogP contribution in [-0.2, 0) is 17.3 Å². The van der Waals surface area contributed by atoms with Crippen molar-refractivity contribution in [3.63, 3.8) is 0 Å². The number of nitrogens with zero attached hydrogens (tertiary/aromatic N) is 5. The zero-order valence-corrected chi connectivity index (χ0v) is 12.9. The van der Waals surface area contributed by atoms with E-state index in [1.807, 2.05) is 12.1 Å². The van der Waals surface area contributed by atoms with Crippen LogP contribution in [0.1, 0.15) is 51.2 Å². The molecule has 2 rings (SSSR count). The van der Waals surface area contributed by atoms with Crippen molar-refractivity contribution in [2.75, 3.05) is 0 Å². The third-order valence-electron chi connectivity index (χ3n) is 3.20. The predicted molar refractivity (Wildman–Crippen MR) is 82.8 cm³/mol. The monoisotopic (exact) mass is 298 g/mol. The van der Waals surface area contributed by atoms with Crippen LogP contribution < -0.4 is 0 Å². The normalized spacial score (nSPS) is 15.6. The summed E-state index contributed by atoms with van der Waals surface area (Å²) in [6.45, 7) is 3.62. The molecule has 1 aromatic heterocycles. The lowest BCUT2D eigenvalue weighted by molar-refractivity contribution is 0.646. The topological polar surface area (TPSA) is 78.3 Å². The van der Waals surface area contributed by atoms with E-state index in [1.165, 1.54) is 27.7 Å². The predicted octanol–water partition coefficient (Wildman–Crippen LogP) is 2.93. The van der Waals surface area contributed by atoms with Gasteiger partial charge in [-0.05, 0) is 44.4 Å². The van der Waals surface area contributed by atoms with Gasteiger partial charge < -0.3 is 0 Å². The second kappa shape index (κ2) is 5.61. The van der Waals surface area contributed by atoms with Crippen molar-refractivity contribution >= 4 is 0 Å². The molecule has 22 heavy (non-hydrogen) atoms. The van der Waals surface area contributed by atoms with Crippen molar-refractivity contribution in [1.29, 1.82) is 10.5 Å². The fraction of sp³-hybridized carbons (Fsp3) is 0.412.